The molecule has 0 unspecified atom stereocenters. The maximum atomic E-state index is 13.3. The summed E-state index contributed by atoms with van der Waals surface area (Å²) >= 11 is 0. The molecule has 0 saturated carbocycles. The van der Waals surface area contributed by atoms with Crippen LogP contribution in [0.1, 0.15) is 21.7 Å². The van der Waals surface area contributed by atoms with Crippen LogP contribution < -0.4 is 0 Å². The van der Waals surface area contributed by atoms with Gasteiger partial charge in [0.05, 0.1) is 17.6 Å². The number of rotatable bonds is 5. The molecule has 0 bridgehead atoms. The summed E-state index contributed by atoms with van der Waals surface area (Å²) in [4.78, 5) is 22.7. The number of aromatic nitrogens is 2. The summed E-state index contributed by atoms with van der Waals surface area (Å²) in [5, 5.41) is 2.13. The molecule has 2 heterocycles. The first-order chi connectivity index (χ1) is 17.3. The highest BCUT2D eigenvalue weighted by atomic mass is 16.2. The predicted molar refractivity (Wildman–Crippen MR) is 140 cm³/mol. The molecule has 5 nitrogen and oxygen atoms in total. The van der Waals surface area contributed by atoms with Crippen LogP contribution in [0.25, 0.3) is 21.8 Å². The number of fused-ring (bicyclic) bond motifs is 2. The molecule has 1 aliphatic rings. The zero-order valence-corrected chi connectivity index (χ0v) is 19.7. The minimum atomic E-state index is 0.123. The first kappa shape index (κ1) is 21.6. The van der Waals surface area contributed by atoms with E-state index in [4.69, 9.17) is 4.98 Å². The number of nitrogens with zero attached hydrogens (tertiary/aromatic N) is 4. The largest absolute Gasteiger partial charge is 0.336 e. The molecule has 4 aromatic carbocycles. The summed E-state index contributed by atoms with van der Waals surface area (Å²) in [5.74, 6) is 1.20. The maximum absolute atomic E-state index is 13.3. The van der Waals surface area contributed by atoms with Gasteiger partial charge < -0.3 is 9.47 Å². The Bertz CT molecular complexity index is 1480. The van der Waals surface area contributed by atoms with E-state index in [1.807, 2.05) is 41.3 Å². The van der Waals surface area contributed by atoms with E-state index in [-0.39, 0.29) is 5.91 Å². The zero-order chi connectivity index (χ0) is 23.6. The molecule has 6 rings (SSSR count). The summed E-state index contributed by atoms with van der Waals surface area (Å²) in [6, 6.07) is 33.0. The highest BCUT2D eigenvalue weighted by Gasteiger charge is 2.24. The van der Waals surface area contributed by atoms with Crippen LogP contribution in [0, 0.1) is 0 Å². The van der Waals surface area contributed by atoms with Crippen molar-refractivity contribution in [3.63, 3.8) is 0 Å². The van der Waals surface area contributed by atoms with Crippen LogP contribution in [0.3, 0.4) is 0 Å². The van der Waals surface area contributed by atoms with Gasteiger partial charge in [-0.1, -0.05) is 78.9 Å². The average Bonchev–Trinajstić information content (AvgIpc) is 3.25. The first-order valence-electron chi connectivity index (χ1n) is 12.2. The Balaban J connectivity index is 1.18. The van der Waals surface area contributed by atoms with Gasteiger partial charge in [0.2, 0.25) is 0 Å². The number of para-hydroxylation sites is 2. The number of amides is 1. The fourth-order valence-electron chi connectivity index (χ4n) is 5.08. The number of benzene rings is 4. The van der Waals surface area contributed by atoms with Gasteiger partial charge in [0.1, 0.15) is 5.82 Å². The van der Waals surface area contributed by atoms with Gasteiger partial charge in [0.15, 0.2) is 0 Å². The van der Waals surface area contributed by atoms with E-state index in [0.29, 0.717) is 0 Å². The maximum Gasteiger partial charge on any atom is 0.254 e. The van der Waals surface area contributed by atoms with Gasteiger partial charge in [-0.3, -0.25) is 9.69 Å². The second-order valence-corrected chi connectivity index (χ2v) is 9.18. The van der Waals surface area contributed by atoms with Gasteiger partial charge in [-0.15, -0.1) is 0 Å². The van der Waals surface area contributed by atoms with Gasteiger partial charge in [-0.25, -0.2) is 4.98 Å². The third-order valence-electron chi connectivity index (χ3n) is 6.96. The molecule has 0 radical (unpaired) electrons. The molecule has 1 aromatic heterocycles. The molecule has 0 atom stereocenters. The highest BCUT2D eigenvalue weighted by Crippen LogP contribution is 2.22. The highest BCUT2D eigenvalue weighted by molar-refractivity contribution is 6.07. The Kier molecular flexibility index (Phi) is 5.76. The third-order valence-corrected chi connectivity index (χ3v) is 6.96. The number of piperazine rings is 1. The van der Waals surface area contributed by atoms with Crippen molar-refractivity contribution in [2.75, 3.05) is 26.2 Å². The standard InChI is InChI=1S/C30H28N4O/c35-30(26-14-8-12-24-11-4-5-13-25(24)26)33-19-17-32(18-20-33)22-29-31-27-15-6-7-16-28(27)34(29)21-23-9-2-1-3-10-23/h1-16H,17-22H2. The summed E-state index contributed by atoms with van der Waals surface area (Å²) < 4.78 is 2.33. The summed E-state index contributed by atoms with van der Waals surface area (Å²) in [5.41, 5.74) is 4.25. The summed E-state index contributed by atoms with van der Waals surface area (Å²) in [6.45, 7) is 4.70. The van der Waals surface area contributed by atoms with Crippen molar-refractivity contribution in [3.05, 3.63) is 114 Å². The third kappa shape index (κ3) is 4.31. The average molecular weight is 461 g/mol. The van der Waals surface area contributed by atoms with Crippen molar-refractivity contribution in [3.8, 4) is 0 Å². The van der Waals surface area contributed by atoms with Crippen LogP contribution >= 0.6 is 0 Å². The number of hydrogen-bond donors (Lipinski definition) is 0. The summed E-state index contributed by atoms with van der Waals surface area (Å²) in [7, 11) is 0. The van der Waals surface area contributed by atoms with E-state index >= 15 is 0 Å². The van der Waals surface area contributed by atoms with E-state index in [0.717, 1.165) is 72.5 Å². The lowest BCUT2D eigenvalue weighted by molar-refractivity contribution is 0.0626. The number of hydrogen-bond acceptors (Lipinski definition) is 3. The van der Waals surface area contributed by atoms with Crippen molar-refractivity contribution in [1.29, 1.82) is 0 Å². The lowest BCUT2D eigenvalue weighted by Gasteiger charge is -2.34. The van der Waals surface area contributed by atoms with Crippen molar-refractivity contribution in [2.24, 2.45) is 0 Å². The molecule has 5 heteroatoms. The minimum Gasteiger partial charge on any atom is -0.336 e. The lowest BCUT2D eigenvalue weighted by atomic mass is 10.0. The second-order valence-electron chi connectivity index (χ2n) is 9.18. The van der Waals surface area contributed by atoms with Gasteiger partial charge in [-0.2, -0.15) is 0 Å². The Morgan fingerprint density at radius 1 is 0.714 bits per heavy atom. The van der Waals surface area contributed by atoms with Crippen molar-refractivity contribution in [1.82, 2.24) is 19.4 Å². The van der Waals surface area contributed by atoms with Gasteiger partial charge in [0, 0.05) is 38.3 Å². The quantitative estimate of drug-likeness (QED) is 0.362. The number of imidazole rings is 1. The number of carbonyl (C=O) groups is 1. The molecule has 1 aliphatic heterocycles. The summed E-state index contributed by atoms with van der Waals surface area (Å²) in [6.07, 6.45) is 0. The van der Waals surface area contributed by atoms with Crippen LogP contribution in [-0.2, 0) is 13.1 Å². The Hall–Kier alpha value is -3.96. The van der Waals surface area contributed by atoms with Crippen LogP contribution in [0.2, 0.25) is 0 Å². The molecular weight excluding hydrogens is 432 g/mol. The Morgan fingerprint density at radius 2 is 1.43 bits per heavy atom. The van der Waals surface area contributed by atoms with Crippen LogP contribution in [0.5, 0.6) is 0 Å². The molecule has 0 aliphatic carbocycles. The van der Waals surface area contributed by atoms with Gasteiger partial charge >= 0.3 is 0 Å². The van der Waals surface area contributed by atoms with E-state index in [2.05, 4.69) is 70.1 Å². The molecule has 35 heavy (non-hydrogen) atoms. The van der Waals surface area contributed by atoms with Crippen molar-refractivity contribution >= 4 is 27.7 Å². The molecule has 5 aromatic rings. The molecule has 1 saturated heterocycles. The SMILES string of the molecule is O=C(c1cccc2ccccc12)N1CCN(Cc2nc3ccccc3n2Cc2ccccc2)CC1. The molecule has 1 amide bonds. The van der Waals surface area contributed by atoms with Crippen LogP contribution in [0.4, 0.5) is 0 Å². The molecule has 1 fully saturated rings. The minimum absolute atomic E-state index is 0.123. The Labute approximate surface area is 205 Å². The fourth-order valence-corrected chi connectivity index (χ4v) is 5.08. The van der Waals surface area contributed by atoms with E-state index < -0.39 is 0 Å². The molecule has 0 spiro atoms. The zero-order valence-electron chi connectivity index (χ0n) is 19.7. The molecule has 0 N–H and O–H groups in total. The van der Waals surface area contributed by atoms with E-state index in [1.54, 1.807) is 0 Å². The normalized spacial score (nSPS) is 14.6. The fraction of sp³-hybridized carbons (Fsp3) is 0.200. The smallest absolute Gasteiger partial charge is 0.254 e. The van der Waals surface area contributed by atoms with Crippen LogP contribution in [-0.4, -0.2) is 51.4 Å². The number of carbonyl (C=O) groups excluding carboxylic acids is 1. The van der Waals surface area contributed by atoms with E-state index in [9.17, 15) is 4.79 Å². The second kappa shape index (κ2) is 9.35. The first-order valence-corrected chi connectivity index (χ1v) is 12.2. The lowest BCUT2D eigenvalue weighted by Crippen LogP contribution is -2.48. The molecular formula is C30H28N4O. The Morgan fingerprint density at radius 3 is 2.29 bits per heavy atom. The van der Waals surface area contributed by atoms with Crippen molar-refractivity contribution in [2.45, 2.75) is 13.1 Å². The van der Waals surface area contributed by atoms with Crippen LogP contribution in [0.15, 0.2) is 97.1 Å². The van der Waals surface area contributed by atoms with E-state index in [1.165, 1.54) is 5.56 Å². The predicted octanol–water partition coefficient (Wildman–Crippen LogP) is 5.20. The topological polar surface area (TPSA) is 41.4 Å². The van der Waals surface area contributed by atoms with Gasteiger partial charge in [-0.05, 0) is 34.5 Å². The van der Waals surface area contributed by atoms with Crippen molar-refractivity contribution < 1.29 is 4.79 Å². The van der Waals surface area contributed by atoms with Gasteiger partial charge in [0.25, 0.3) is 5.91 Å². The molecule has 174 valence electrons. The monoisotopic (exact) mass is 460 g/mol.